The Labute approximate surface area is 94.8 Å². The smallest absolute Gasteiger partial charge is 0.0636 e. The normalized spacial score (nSPS) is 14.9. The van der Waals surface area contributed by atoms with Crippen LogP contribution in [0.3, 0.4) is 0 Å². The van der Waals surface area contributed by atoms with Crippen molar-refractivity contribution in [2.75, 3.05) is 6.54 Å². The molecule has 0 aliphatic carbocycles. The van der Waals surface area contributed by atoms with Crippen LogP contribution in [-0.4, -0.2) is 23.8 Å². The summed E-state index contributed by atoms with van der Waals surface area (Å²) in [7, 11) is 0. The topological polar surface area (TPSA) is 32.3 Å². The first-order valence-electron chi connectivity index (χ1n) is 6.23. The number of unbranched alkanes of at least 4 members (excludes halogenated alkanes) is 3. The van der Waals surface area contributed by atoms with E-state index in [1.807, 2.05) is 13.0 Å². The molecule has 0 aliphatic rings. The first-order chi connectivity index (χ1) is 7.20. The predicted molar refractivity (Wildman–Crippen MR) is 67.0 cm³/mol. The molecule has 0 aromatic carbocycles. The highest BCUT2D eigenvalue weighted by Crippen LogP contribution is 2.08. The molecule has 0 amide bonds. The average molecular weight is 213 g/mol. The zero-order valence-corrected chi connectivity index (χ0v) is 10.3. The van der Waals surface area contributed by atoms with Crippen LogP contribution in [0.2, 0.25) is 0 Å². The van der Waals surface area contributed by atoms with E-state index in [2.05, 4.69) is 18.8 Å². The van der Waals surface area contributed by atoms with Gasteiger partial charge in [0.25, 0.3) is 0 Å². The maximum absolute atomic E-state index is 9.19. The molecule has 2 unspecified atom stereocenters. The Balaban J connectivity index is 3.58. The van der Waals surface area contributed by atoms with Crippen LogP contribution in [0.5, 0.6) is 0 Å². The molecule has 0 radical (unpaired) electrons. The number of hydrogen-bond donors (Lipinski definition) is 2. The second kappa shape index (κ2) is 10.2. The SMILES string of the molecule is C=CCC(CCCCCC)NCC(C)O. The van der Waals surface area contributed by atoms with Crippen molar-refractivity contribution >= 4 is 0 Å². The highest BCUT2D eigenvalue weighted by atomic mass is 16.3. The van der Waals surface area contributed by atoms with E-state index in [0.29, 0.717) is 12.6 Å². The minimum Gasteiger partial charge on any atom is -0.392 e. The molecule has 0 heterocycles. The third-order valence-electron chi connectivity index (χ3n) is 2.56. The number of aliphatic hydroxyl groups excluding tert-OH is 1. The van der Waals surface area contributed by atoms with E-state index < -0.39 is 0 Å². The van der Waals surface area contributed by atoms with E-state index in [1.165, 1.54) is 32.1 Å². The molecule has 0 spiro atoms. The highest BCUT2D eigenvalue weighted by molar-refractivity contribution is 4.78. The van der Waals surface area contributed by atoms with Crippen LogP contribution in [-0.2, 0) is 0 Å². The van der Waals surface area contributed by atoms with Gasteiger partial charge >= 0.3 is 0 Å². The summed E-state index contributed by atoms with van der Waals surface area (Å²) in [5.41, 5.74) is 0. The molecule has 0 aromatic heterocycles. The fraction of sp³-hybridized carbons (Fsp3) is 0.846. The summed E-state index contributed by atoms with van der Waals surface area (Å²) in [6, 6.07) is 0.494. The van der Waals surface area contributed by atoms with Crippen molar-refractivity contribution in [3.05, 3.63) is 12.7 Å². The average Bonchev–Trinajstić information content (AvgIpc) is 2.20. The van der Waals surface area contributed by atoms with Crippen molar-refractivity contribution in [1.29, 1.82) is 0 Å². The number of nitrogens with one attached hydrogen (secondary N) is 1. The van der Waals surface area contributed by atoms with Gasteiger partial charge in [-0.2, -0.15) is 0 Å². The highest BCUT2D eigenvalue weighted by Gasteiger charge is 2.06. The van der Waals surface area contributed by atoms with Crippen molar-refractivity contribution < 1.29 is 5.11 Å². The molecule has 90 valence electrons. The molecule has 2 N–H and O–H groups in total. The van der Waals surface area contributed by atoms with Crippen LogP contribution in [0.15, 0.2) is 12.7 Å². The molecular weight excluding hydrogens is 186 g/mol. The first-order valence-corrected chi connectivity index (χ1v) is 6.23. The van der Waals surface area contributed by atoms with Gasteiger partial charge in [0.2, 0.25) is 0 Å². The molecule has 0 bridgehead atoms. The molecule has 15 heavy (non-hydrogen) atoms. The zero-order valence-electron chi connectivity index (χ0n) is 10.3. The second-order valence-electron chi connectivity index (χ2n) is 4.33. The lowest BCUT2D eigenvalue weighted by atomic mass is 10.0. The molecule has 0 rings (SSSR count). The minimum atomic E-state index is -0.257. The van der Waals surface area contributed by atoms with Gasteiger partial charge in [-0.3, -0.25) is 0 Å². The van der Waals surface area contributed by atoms with E-state index >= 15 is 0 Å². The van der Waals surface area contributed by atoms with Gasteiger partial charge in [0.1, 0.15) is 0 Å². The Morgan fingerprint density at radius 1 is 1.33 bits per heavy atom. The first kappa shape index (κ1) is 14.7. The number of rotatable bonds is 10. The molecule has 2 atom stereocenters. The summed E-state index contributed by atoms with van der Waals surface area (Å²) in [6.07, 6.45) is 9.11. The standard InChI is InChI=1S/C13H27NO/c1-4-6-7-8-10-13(9-5-2)14-11-12(3)15/h5,12-15H,2,4,6-11H2,1,3H3. The van der Waals surface area contributed by atoms with Gasteiger partial charge in [-0.15, -0.1) is 6.58 Å². The van der Waals surface area contributed by atoms with E-state index in [-0.39, 0.29) is 6.10 Å². The van der Waals surface area contributed by atoms with E-state index in [1.54, 1.807) is 0 Å². The predicted octanol–water partition coefficient (Wildman–Crippen LogP) is 2.87. The molecule has 0 aliphatic heterocycles. The Morgan fingerprint density at radius 3 is 2.60 bits per heavy atom. The summed E-state index contributed by atoms with van der Waals surface area (Å²) >= 11 is 0. The molecule has 2 heteroatoms. The van der Waals surface area contributed by atoms with Crippen molar-refractivity contribution in [3.63, 3.8) is 0 Å². The largest absolute Gasteiger partial charge is 0.392 e. The monoisotopic (exact) mass is 213 g/mol. The molecule has 0 fully saturated rings. The maximum atomic E-state index is 9.19. The lowest BCUT2D eigenvalue weighted by Crippen LogP contribution is -2.34. The van der Waals surface area contributed by atoms with Gasteiger partial charge in [0.15, 0.2) is 0 Å². The zero-order chi connectivity index (χ0) is 11.5. The van der Waals surface area contributed by atoms with Crippen LogP contribution in [0.1, 0.15) is 52.4 Å². The molecule has 0 saturated heterocycles. The van der Waals surface area contributed by atoms with Gasteiger partial charge in [0, 0.05) is 12.6 Å². The quantitative estimate of drug-likeness (QED) is 0.432. The van der Waals surface area contributed by atoms with Gasteiger partial charge in [0.05, 0.1) is 6.10 Å². The Morgan fingerprint density at radius 2 is 2.07 bits per heavy atom. The molecular formula is C13H27NO. The van der Waals surface area contributed by atoms with Gasteiger partial charge in [-0.25, -0.2) is 0 Å². The maximum Gasteiger partial charge on any atom is 0.0636 e. The third-order valence-corrected chi connectivity index (χ3v) is 2.56. The van der Waals surface area contributed by atoms with Gasteiger partial charge in [-0.05, 0) is 19.8 Å². The van der Waals surface area contributed by atoms with Crippen LogP contribution in [0.4, 0.5) is 0 Å². The fourth-order valence-corrected chi connectivity index (χ4v) is 1.66. The van der Waals surface area contributed by atoms with Crippen molar-refractivity contribution in [2.24, 2.45) is 0 Å². The summed E-state index contributed by atoms with van der Waals surface area (Å²) in [4.78, 5) is 0. The van der Waals surface area contributed by atoms with E-state index in [0.717, 1.165) is 6.42 Å². The third kappa shape index (κ3) is 9.95. The van der Waals surface area contributed by atoms with Crippen LogP contribution in [0, 0.1) is 0 Å². The Hall–Kier alpha value is -0.340. The second-order valence-corrected chi connectivity index (χ2v) is 4.33. The number of hydrogen-bond acceptors (Lipinski definition) is 2. The van der Waals surface area contributed by atoms with Gasteiger partial charge < -0.3 is 10.4 Å². The van der Waals surface area contributed by atoms with Crippen LogP contribution < -0.4 is 5.32 Å². The van der Waals surface area contributed by atoms with Crippen molar-refractivity contribution in [3.8, 4) is 0 Å². The minimum absolute atomic E-state index is 0.257. The molecule has 0 aromatic rings. The fourth-order valence-electron chi connectivity index (χ4n) is 1.66. The number of aliphatic hydroxyl groups is 1. The Kier molecular flexibility index (Phi) is 9.96. The van der Waals surface area contributed by atoms with Gasteiger partial charge in [-0.1, -0.05) is 38.7 Å². The summed E-state index contributed by atoms with van der Waals surface area (Å²) in [5.74, 6) is 0. The lowest BCUT2D eigenvalue weighted by Gasteiger charge is -2.18. The molecule has 2 nitrogen and oxygen atoms in total. The summed E-state index contributed by atoms with van der Waals surface area (Å²) < 4.78 is 0. The summed E-state index contributed by atoms with van der Waals surface area (Å²) in [5, 5.41) is 12.6. The Bertz CT molecular complexity index is 145. The van der Waals surface area contributed by atoms with E-state index in [4.69, 9.17) is 0 Å². The van der Waals surface area contributed by atoms with Crippen molar-refractivity contribution in [1.82, 2.24) is 5.32 Å². The van der Waals surface area contributed by atoms with Crippen molar-refractivity contribution in [2.45, 2.75) is 64.5 Å². The molecule has 0 saturated carbocycles. The van der Waals surface area contributed by atoms with E-state index in [9.17, 15) is 5.11 Å². The summed E-state index contributed by atoms with van der Waals surface area (Å²) in [6.45, 7) is 8.50. The van der Waals surface area contributed by atoms with Crippen LogP contribution >= 0.6 is 0 Å². The lowest BCUT2D eigenvalue weighted by molar-refractivity contribution is 0.185. The van der Waals surface area contributed by atoms with Crippen LogP contribution in [0.25, 0.3) is 0 Å².